The third kappa shape index (κ3) is 9.53. The summed E-state index contributed by atoms with van der Waals surface area (Å²) < 4.78 is 56.0. The van der Waals surface area contributed by atoms with Crippen LogP contribution < -0.4 is 19.7 Å². The molecule has 17 heteroatoms. The number of anilines is 1. The van der Waals surface area contributed by atoms with Crippen LogP contribution in [0.15, 0.2) is 53.2 Å². The van der Waals surface area contributed by atoms with Crippen LogP contribution in [0.2, 0.25) is 0 Å². The number of likely N-dealkylation sites (tertiary alicyclic amines) is 2. The average molecular weight is 973 g/mol. The number of methoxy groups -OCH3 is 1. The Morgan fingerprint density at radius 2 is 1.75 bits per heavy atom. The number of hydrogen-bond donors (Lipinski definition) is 2. The van der Waals surface area contributed by atoms with Crippen LogP contribution in [-0.4, -0.2) is 125 Å². The van der Waals surface area contributed by atoms with Crippen molar-refractivity contribution in [3.8, 4) is 23.0 Å². The van der Waals surface area contributed by atoms with Crippen molar-refractivity contribution in [1.82, 2.24) is 35.2 Å². The van der Waals surface area contributed by atoms with Gasteiger partial charge in [0, 0.05) is 61.8 Å². The minimum Gasteiger partial charge on any atom is -0.468 e. The van der Waals surface area contributed by atoms with Crippen LogP contribution in [-0.2, 0) is 20.7 Å². The van der Waals surface area contributed by atoms with Crippen molar-refractivity contribution in [2.24, 2.45) is 5.41 Å². The van der Waals surface area contributed by atoms with Crippen LogP contribution in [0, 0.1) is 17.0 Å². The predicted molar refractivity (Wildman–Crippen MR) is 263 cm³/mol. The molecule has 7 heterocycles. The zero-order chi connectivity index (χ0) is 49.0. The van der Waals surface area contributed by atoms with Crippen molar-refractivity contribution in [3.63, 3.8) is 0 Å². The monoisotopic (exact) mass is 972 g/mol. The predicted octanol–water partition coefficient (Wildman–Crippen LogP) is 8.18. The van der Waals surface area contributed by atoms with E-state index in [1.807, 2.05) is 17.9 Å². The van der Waals surface area contributed by atoms with Crippen LogP contribution in [0.5, 0.6) is 11.8 Å². The first-order valence-electron chi connectivity index (χ1n) is 25.4. The summed E-state index contributed by atoms with van der Waals surface area (Å²) >= 11 is 0. The van der Waals surface area contributed by atoms with E-state index in [-0.39, 0.29) is 47.1 Å². The molecular formula is C54H62F2N8O7. The lowest BCUT2D eigenvalue weighted by atomic mass is 9.87. The number of nitrogens with one attached hydrogen (secondary N) is 1. The van der Waals surface area contributed by atoms with Gasteiger partial charge in [-0.1, -0.05) is 24.2 Å². The molecule has 1 aliphatic carbocycles. The molecule has 5 fully saturated rings. The Hall–Kier alpha value is -5.88. The van der Waals surface area contributed by atoms with Gasteiger partial charge < -0.3 is 38.5 Å². The van der Waals surface area contributed by atoms with Gasteiger partial charge in [-0.05, 0) is 155 Å². The van der Waals surface area contributed by atoms with Crippen molar-refractivity contribution in [2.45, 2.75) is 108 Å². The summed E-state index contributed by atoms with van der Waals surface area (Å²) in [4.78, 5) is 45.8. The summed E-state index contributed by atoms with van der Waals surface area (Å²) in [6.45, 7) is 9.94. The summed E-state index contributed by atoms with van der Waals surface area (Å²) in [6, 6.07) is 13.4. The highest BCUT2D eigenvalue weighted by atomic mass is 19.1. The number of aliphatic hydroxyl groups is 1. The van der Waals surface area contributed by atoms with Gasteiger partial charge in [0.2, 0.25) is 11.8 Å². The standard InChI is InChI=1S/C54H62F2N8O7/c1-4-37-42(55)10-7-34-24-36(70-31-68-3)26-40(45(34)37)48-46(56)49-41(27-57-48)50(64-19-5-16-53(2,67)28-64)60-52(59-49)69-30-54(17-18-54)29-62-20-14-35(15-21-62)63-22-12-32(13-23-63)33-6-8-38-43(25-33)71-61-47(38)39-9-11-44(65)58-51(39)66/h6-8,10,24-27,32,35,39,67H,4-5,9,11-23,28-31H2,1-3H3,(H,58,65,66)/t39?,53-/m1/s1. The third-order valence-corrected chi connectivity index (χ3v) is 15.9. The van der Waals surface area contributed by atoms with E-state index >= 15 is 8.78 Å². The number of nitrogens with zero attached hydrogens (tertiary/aromatic N) is 7. The van der Waals surface area contributed by atoms with Crippen LogP contribution in [0.25, 0.3) is 43.9 Å². The van der Waals surface area contributed by atoms with Crippen molar-refractivity contribution in [1.29, 1.82) is 0 Å². The smallest absolute Gasteiger partial charge is 0.319 e. The summed E-state index contributed by atoms with van der Waals surface area (Å²) in [5, 5.41) is 20.3. The van der Waals surface area contributed by atoms with Gasteiger partial charge in [0.1, 0.15) is 34.3 Å². The molecule has 71 heavy (non-hydrogen) atoms. The molecule has 3 aromatic heterocycles. The Bertz CT molecular complexity index is 3000. The highest BCUT2D eigenvalue weighted by Crippen LogP contribution is 2.48. The van der Waals surface area contributed by atoms with Crippen LogP contribution in [0.4, 0.5) is 14.6 Å². The number of rotatable bonds is 14. The summed E-state index contributed by atoms with van der Waals surface area (Å²) in [6.07, 6.45) is 10.4. The van der Waals surface area contributed by atoms with E-state index in [9.17, 15) is 14.7 Å². The Kier molecular flexibility index (Phi) is 12.9. The molecule has 15 nitrogen and oxygen atoms in total. The number of imide groups is 1. The second-order valence-corrected chi connectivity index (χ2v) is 21.0. The van der Waals surface area contributed by atoms with Gasteiger partial charge in [0.15, 0.2) is 18.2 Å². The zero-order valence-electron chi connectivity index (χ0n) is 40.8. The van der Waals surface area contributed by atoms with Crippen LogP contribution in [0.1, 0.15) is 107 Å². The number of piperidine rings is 4. The fourth-order valence-electron chi connectivity index (χ4n) is 11.8. The van der Waals surface area contributed by atoms with Gasteiger partial charge in [0.25, 0.3) is 0 Å². The van der Waals surface area contributed by atoms with Gasteiger partial charge >= 0.3 is 6.01 Å². The molecule has 0 spiro atoms. The van der Waals surface area contributed by atoms with E-state index in [0.29, 0.717) is 107 Å². The van der Waals surface area contributed by atoms with Crippen molar-refractivity contribution in [3.05, 3.63) is 77.1 Å². The normalized spacial score (nSPS) is 22.7. The highest BCUT2D eigenvalue weighted by Gasteiger charge is 2.46. The lowest BCUT2D eigenvalue weighted by Crippen LogP contribution is -2.48. The third-order valence-electron chi connectivity index (χ3n) is 15.9. The molecule has 0 bridgehead atoms. The average Bonchev–Trinajstić information content (AvgIpc) is 4.01. The number of halogens is 2. The quantitative estimate of drug-likeness (QED) is 0.0792. The van der Waals surface area contributed by atoms with E-state index in [2.05, 4.69) is 37.4 Å². The van der Waals surface area contributed by atoms with Crippen LogP contribution >= 0.6 is 0 Å². The number of carbonyl (C=O) groups excluding carboxylic acids is 2. The second-order valence-electron chi connectivity index (χ2n) is 21.0. The largest absolute Gasteiger partial charge is 0.468 e. The molecule has 3 aromatic carbocycles. The molecule has 2 N–H and O–H groups in total. The van der Waals surface area contributed by atoms with E-state index < -0.39 is 17.3 Å². The van der Waals surface area contributed by atoms with Crippen LogP contribution in [0.3, 0.4) is 0 Å². The maximum atomic E-state index is 17.4. The lowest BCUT2D eigenvalue weighted by molar-refractivity contribution is -0.134. The van der Waals surface area contributed by atoms with Gasteiger partial charge in [0.05, 0.1) is 23.5 Å². The molecule has 0 radical (unpaired) electrons. The number of fused-ring (bicyclic) bond motifs is 3. The molecular weight excluding hydrogens is 911 g/mol. The highest BCUT2D eigenvalue weighted by molar-refractivity contribution is 6.03. The lowest BCUT2D eigenvalue weighted by Gasteiger charge is -2.42. The van der Waals surface area contributed by atoms with Crippen molar-refractivity contribution in [2.75, 3.05) is 71.2 Å². The molecule has 4 saturated heterocycles. The number of amides is 2. The number of benzene rings is 3. The molecule has 4 aliphatic heterocycles. The number of aromatic nitrogens is 4. The minimum atomic E-state index is -0.963. The summed E-state index contributed by atoms with van der Waals surface area (Å²) in [5.41, 5.74) is 2.38. The SMILES string of the molecule is CCc1c(F)ccc2cc(OCOC)cc(-c3ncc4c(N5CCC[C@@](C)(O)C5)nc(OCC5(CN6CCC(N7CCC(c8ccc9c(C%10CCC(=O)NC%10=O)noc9c8)CC7)CC6)CC5)nc4c3F)c12. The molecule has 2 amide bonds. The van der Waals surface area contributed by atoms with E-state index in [1.165, 1.54) is 18.7 Å². The number of aryl methyl sites for hydroxylation is 1. The molecule has 1 saturated carbocycles. The molecule has 374 valence electrons. The number of carbonyl (C=O) groups is 2. The Balaban J connectivity index is 0.764. The van der Waals surface area contributed by atoms with Gasteiger partial charge in [-0.25, -0.2) is 8.78 Å². The fraction of sp³-hybridized carbons (Fsp3) is 0.519. The van der Waals surface area contributed by atoms with E-state index in [4.69, 9.17) is 28.7 Å². The number of β-amino-alcohol motifs (C(OH)–C–C–N with tert-alkyl or cyclic N) is 1. The topological polar surface area (TPSA) is 169 Å². The van der Waals surface area contributed by atoms with E-state index in [1.54, 1.807) is 31.3 Å². The molecule has 11 rings (SSSR count). The molecule has 5 aliphatic rings. The Labute approximate surface area is 411 Å². The number of hydrogen-bond acceptors (Lipinski definition) is 14. The zero-order valence-corrected chi connectivity index (χ0v) is 40.8. The van der Waals surface area contributed by atoms with Crippen molar-refractivity contribution >= 4 is 50.3 Å². The molecule has 2 atom stereocenters. The first-order valence-corrected chi connectivity index (χ1v) is 25.4. The molecule has 1 unspecified atom stereocenters. The number of pyridine rings is 1. The Morgan fingerprint density at radius 1 is 0.930 bits per heavy atom. The summed E-state index contributed by atoms with van der Waals surface area (Å²) in [7, 11) is 1.52. The molecule has 6 aromatic rings. The van der Waals surface area contributed by atoms with Crippen molar-refractivity contribution < 1.29 is 42.2 Å². The number of ether oxygens (including phenoxy) is 3. The maximum absolute atomic E-state index is 17.4. The van der Waals surface area contributed by atoms with Gasteiger partial charge in [-0.3, -0.25) is 19.9 Å². The minimum absolute atomic E-state index is 0.00603. The Morgan fingerprint density at radius 3 is 2.49 bits per heavy atom. The summed E-state index contributed by atoms with van der Waals surface area (Å²) in [5.74, 6) is -0.798. The van der Waals surface area contributed by atoms with Gasteiger partial charge in [-0.15, -0.1) is 0 Å². The van der Waals surface area contributed by atoms with Gasteiger partial charge in [-0.2, -0.15) is 9.97 Å². The first kappa shape index (κ1) is 47.4. The first-order chi connectivity index (χ1) is 34.4. The fourth-order valence-corrected chi connectivity index (χ4v) is 11.8. The second kappa shape index (κ2) is 19.3. The van der Waals surface area contributed by atoms with E-state index in [0.717, 1.165) is 83.1 Å². The maximum Gasteiger partial charge on any atom is 0.319 e.